The van der Waals surface area contributed by atoms with Crippen molar-refractivity contribution in [2.24, 2.45) is 0 Å². The third kappa shape index (κ3) is 3.51. The summed E-state index contributed by atoms with van der Waals surface area (Å²) in [5.74, 6) is -0.0831. The number of likely N-dealkylation sites (tertiary alicyclic amines) is 1. The Balaban J connectivity index is 1.45. The fourth-order valence-corrected chi connectivity index (χ4v) is 4.10. The maximum atomic E-state index is 13.2. The number of fused-ring (bicyclic) bond motifs is 2. The molecule has 2 aromatic rings. The van der Waals surface area contributed by atoms with Crippen molar-refractivity contribution < 1.29 is 4.79 Å². The second-order valence-corrected chi connectivity index (χ2v) is 8.50. The Morgan fingerprint density at radius 3 is 2.65 bits per heavy atom. The topological polar surface area (TPSA) is 57.0 Å². The molecule has 7 heteroatoms. The number of allylic oxidation sites excluding steroid dienone is 6. The van der Waals surface area contributed by atoms with Gasteiger partial charge in [0.05, 0.1) is 34.5 Å². The van der Waals surface area contributed by atoms with Crippen LogP contribution in [0.2, 0.25) is 0 Å². The molecule has 0 N–H and O–H groups in total. The van der Waals surface area contributed by atoms with E-state index < -0.39 is 0 Å². The van der Waals surface area contributed by atoms with Crippen molar-refractivity contribution in [3.8, 4) is 0 Å². The third-order valence-electron chi connectivity index (χ3n) is 6.04. The normalized spacial score (nSPS) is 23.5. The minimum Gasteiger partial charge on any atom is -0.367 e. The molecule has 0 spiro atoms. The summed E-state index contributed by atoms with van der Waals surface area (Å²) in [5.41, 5.74) is 6.22. The van der Waals surface area contributed by atoms with Crippen LogP contribution in [0.15, 0.2) is 66.3 Å². The first-order valence-electron chi connectivity index (χ1n) is 10.5. The number of nitrogens with zero attached hydrogens (tertiary/aromatic N) is 6. The number of hydrogen-bond donors (Lipinski definition) is 0. The van der Waals surface area contributed by atoms with Crippen LogP contribution in [-0.2, 0) is 4.79 Å². The van der Waals surface area contributed by atoms with Crippen molar-refractivity contribution in [3.63, 3.8) is 0 Å². The molecule has 1 amide bonds. The van der Waals surface area contributed by atoms with Crippen LogP contribution >= 0.6 is 0 Å². The predicted octanol–water partition coefficient (Wildman–Crippen LogP) is 2.67. The fraction of sp³-hybridized carbons (Fsp3) is 0.292. The van der Waals surface area contributed by atoms with E-state index in [4.69, 9.17) is 0 Å². The van der Waals surface area contributed by atoms with Crippen molar-refractivity contribution in [1.29, 1.82) is 0 Å². The average Bonchev–Trinajstić information content (AvgIpc) is 3.09. The van der Waals surface area contributed by atoms with E-state index in [1.165, 1.54) is 0 Å². The van der Waals surface area contributed by atoms with E-state index in [0.717, 1.165) is 52.7 Å². The lowest BCUT2D eigenvalue weighted by Gasteiger charge is -2.45. The molecular formula is C24H26N6O. The van der Waals surface area contributed by atoms with E-state index in [1.807, 2.05) is 61.1 Å². The molecule has 3 aliphatic rings. The summed E-state index contributed by atoms with van der Waals surface area (Å²) in [7, 11) is 4.21. The monoisotopic (exact) mass is 414 g/mol. The number of carbonyl (C=O) groups is 1. The first kappa shape index (κ1) is 19.5. The van der Waals surface area contributed by atoms with Crippen LogP contribution in [0, 0.1) is 13.8 Å². The van der Waals surface area contributed by atoms with Crippen LogP contribution in [0.4, 0.5) is 0 Å². The van der Waals surface area contributed by atoms with Gasteiger partial charge in [0.2, 0.25) is 0 Å². The van der Waals surface area contributed by atoms with E-state index in [-0.39, 0.29) is 5.91 Å². The van der Waals surface area contributed by atoms with Crippen molar-refractivity contribution in [1.82, 2.24) is 29.3 Å². The summed E-state index contributed by atoms with van der Waals surface area (Å²) in [4.78, 5) is 24.0. The molecule has 158 valence electrons. The SMILES string of the molecule is Cc1cn2nc(C3=C\C(=O)N4C=C(N5CC(N(C)C)C5)C=C\C4=C/C=C/3)cc2c(C)n1. The van der Waals surface area contributed by atoms with Crippen molar-refractivity contribution in [2.75, 3.05) is 27.2 Å². The zero-order chi connectivity index (χ0) is 21.7. The largest absolute Gasteiger partial charge is 0.367 e. The molecule has 1 fully saturated rings. The van der Waals surface area contributed by atoms with Gasteiger partial charge in [-0.1, -0.05) is 12.2 Å². The van der Waals surface area contributed by atoms with Gasteiger partial charge in [0, 0.05) is 42.7 Å². The van der Waals surface area contributed by atoms with Crippen molar-refractivity contribution in [2.45, 2.75) is 19.9 Å². The molecule has 0 unspecified atom stereocenters. The summed E-state index contributed by atoms with van der Waals surface area (Å²) in [5, 5.41) is 4.68. The highest BCUT2D eigenvalue weighted by atomic mass is 16.2. The number of aromatic nitrogens is 3. The lowest BCUT2D eigenvalue weighted by molar-refractivity contribution is -0.122. The number of carbonyl (C=O) groups excluding carboxylic acids is 1. The molecule has 0 atom stereocenters. The first-order chi connectivity index (χ1) is 14.9. The second-order valence-electron chi connectivity index (χ2n) is 8.50. The van der Waals surface area contributed by atoms with E-state index in [9.17, 15) is 4.79 Å². The lowest BCUT2D eigenvalue weighted by atomic mass is 10.0. The summed E-state index contributed by atoms with van der Waals surface area (Å²) >= 11 is 0. The molecular weight excluding hydrogens is 388 g/mol. The molecule has 5 rings (SSSR count). The van der Waals surface area contributed by atoms with Gasteiger partial charge in [0.1, 0.15) is 0 Å². The van der Waals surface area contributed by atoms with Crippen LogP contribution in [0.25, 0.3) is 11.1 Å². The summed E-state index contributed by atoms with van der Waals surface area (Å²) in [6, 6.07) is 2.54. The van der Waals surface area contributed by atoms with E-state index >= 15 is 0 Å². The van der Waals surface area contributed by atoms with Gasteiger partial charge in [-0.05, 0) is 52.2 Å². The van der Waals surface area contributed by atoms with Gasteiger partial charge in [-0.3, -0.25) is 14.7 Å². The molecule has 0 aliphatic carbocycles. The molecule has 7 nitrogen and oxygen atoms in total. The highest BCUT2D eigenvalue weighted by Gasteiger charge is 2.31. The molecule has 0 radical (unpaired) electrons. The summed E-state index contributed by atoms with van der Waals surface area (Å²) in [6.45, 7) is 5.86. The number of likely N-dealkylation sites (N-methyl/N-ethyl adjacent to an activating group) is 1. The van der Waals surface area contributed by atoms with Crippen molar-refractivity contribution in [3.05, 3.63) is 83.4 Å². The van der Waals surface area contributed by atoms with E-state index in [2.05, 4.69) is 40.1 Å². The standard InChI is InChI=1S/C24H26N6O/c1-16-12-30-23(17(2)25-16)11-22(26-30)18-6-5-7-19-8-9-20(15-29(19)24(31)10-18)28-13-21(14-28)27(3)4/h5-12,15,21H,13-14H2,1-4H3/b6-5+,18-10+,19-7+. The van der Waals surface area contributed by atoms with Crippen LogP contribution in [0.1, 0.15) is 17.1 Å². The van der Waals surface area contributed by atoms with Gasteiger partial charge in [-0.2, -0.15) is 5.10 Å². The fourth-order valence-electron chi connectivity index (χ4n) is 4.10. The average molecular weight is 415 g/mol. The Morgan fingerprint density at radius 2 is 1.87 bits per heavy atom. The maximum Gasteiger partial charge on any atom is 0.255 e. The van der Waals surface area contributed by atoms with Gasteiger partial charge in [-0.15, -0.1) is 0 Å². The second kappa shape index (κ2) is 7.35. The molecule has 31 heavy (non-hydrogen) atoms. The third-order valence-corrected chi connectivity index (χ3v) is 6.04. The Hall–Kier alpha value is -3.45. The van der Waals surface area contributed by atoms with E-state index in [0.29, 0.717) is 6.04 Å². The first-order valence-corrected chi connectivity index (χ1v) is 10.5. The molecule has 0 bridgehead atoms. The van der Waals surface area contributed by atoms with Gasteiger partial charge in [-0.25, -0.2) is 4.52 Å². The van der Waals surface area contributed by atoms with E-state index in [1.54, 1.807) is 11.0 Å². The highest BCUT2D eigenvalue weighted by Crippen LogP contribution is 2.27. The molecule has 5 heterocycles. The Morgan fingerprint density at radius 1 is 1.10 bits per heavy atom. The zero-order valence-electron chi connectivity index (χ0n) is 18.3. The van der Waals surface area contributed by atoms with Gasteiger partial charge in [0.15, 0.2) is 0 Å². The van der Waals surface area contributed by atoms with Gasteiger partial charge in [0.25, 0.3) is 5.91 Å². The molecule has 0 saturated carbocycles. The van der Waals surface area contributed by atoms with Crippen LogP contribution in [-0.4, -0.2) is 68.4 Å². The number of rotatable bonds is 3. The zero-order valence-corrected chi connectivity index (χ0v) is 18.3. The Bertz CT molecular complexity index is 1220. The molecule has 0 aromatic carbocycles. The smallest absolute Gasteiger partial charge is 0.255 e. The number of aryl methyl sites for hydroxylation is 2. The van der Waals surface area contributed by atoms with Crippen LogP contribution < -0.4 is 0 Å². The molecule has 2 aromatic heterocycles. The minimum absolute atomic E-state index is 0.0831. The maximum absolute atomic E-state index is 13.2. The predicted molar refractivity (Wildman–Crippen MR) is 121 cm³/mol. The highest BCUT2D eigenvalue weighted by molar-refractivity contribution is 5.99. The Kier molecular flexibility index (Phi) is 4.63. The summed E-state index contributed by atoms with van der Waals surface area (Å²) < 4.78 is 1.83. The summed E-state index contributed by atoms with van der Waals surface area (Å²) in [6.07, 6.45) is 15.4. The van der Waals surface area contributed by atoms with Crippen molar-refractivity contribution >= 4 is 17.0 Å². The number of amides is 1. The van der Waals surface area contributed by atoms with Crippen LogP contribution in [0.3, 0.4) is 0 Å². The van der Waals surface area contributed by atoms with Gasteiger partial charge >= 0.3 is 0 Å². The molecule has 3 aliphatic heterocycles. The van der Waals surface area contributed by atoms with Gasteiger partial charge < -0.3 is 9.80 Å². The lowest BCUT2D eigenvalue weighted by Crippen LogP contribution is -2.56. The number of hydrogen-bond acceptors (Lipinski definition) is 5. The van der Waals surface area contributed by atoms with Crippen LogP contribution in [0.5, 0.6) is 0 Å². The quantitative estimate of drug-likeness (QED) is 0.773. The Labute approximate surface area is 182 Å². The molecule has 1 saturated heterocycles. The minimum atomic E-state index is -0.0831.